The van der Waals surface area contributed by atoms with Crippen molar-refractivity contribution in [3.63, 3.8) is 0 Å². The number of ether oxygens (including phenoxy) is 2. The summed E-state index contributed by atoms with van der Waals surface area (Å²) in [5.74, 6) is 0.725. The van der Waals surface area contributed by atoms with Gasteiger partial charge >= 0.3 is 0 Å². The molecule has 5 heteroatoms. The van der Waals surface area contributed by atoms with Crippen LogP contribution in [-0.4, -0.2) is 43.5 Å². The molecule has 0 spiro atoms. The van der Waals surface area contributed by atoms with Crippen LogP contribution in [0.3, 0.4) is 0 Å². The van der Waals surface area contributed by atoms with Crippen LogP contribution in [0.1, 0.15) is 19.4 Å². The van der Waals surface area contributed by atoms with E-state index in [1.165, 1.54) is 0 Å². The van der Waals surface area contributed by atoms with E-state index in [0.29, 0.717) is 25.3 Å². The van der Waals surface area contributed by atoms with Gasteiger partial charge in [-0.15, -0.1) is 0 Å². The van der Waals surface area contributed by atoms with E-state index in [4.69, 9.17) is 9.47 Å². The Balaban J connectivity index is 2.26. The fourth-order valence-electron chi connectivity index (χ4n) is 2.47. The molecule has 102 valence electrons. The molecule has 5 nitrogen and oxygen atoms in total. The van der Waals surface area contributed by atoms with Crippen molar-refractivity contribution in [1.29, 1.82) is 5.26 Å². The molecule has 0 aliphatic carbocycles. The second-order valence-electron chi connectivity index (χ2n) is 5.32. The molecule has 0 saturated carbocycles. The zero-order chi connectivity index (χ0) is 13.9. The van der Waals surface area contributed by atoms with Gasteiger partial charge in [0.15, 0.2) is 0 Å². The summed E-state index contributed by atoms with van der Waals surface area (Å²) in [7, 11) is 1.66. The lowest BCUT2D eigenvalue weighted by atomic mass is 10.0. The molecule has 0 aromatic carbocycles. The first-order chi connectivity index (χ1) is 9.05. The van der Waals surface area contributed by atoms with Crippen LogP contribution in [0.2, 0.25) is 0 Å². The van der Waals surface area contributed by atoms with Crippen molar-refractivity contribution in [1.82, 2.24) is 4.98 Å². The normalized spacial score (nSPS) is 22.0. The first-order valence-corrected chi connectivity index (χ1v) is 6.32. The molecule has 1 fully saturated rings. The minimum absolute atomic E-state index is 0.0118. The third kappa shape index (κ3) is 3.22. The maximum Gasteiger partial charge on any atom is 0.146 e. The number of nitrogens with zero attached hydrogens (tertiary/aromatic N) is 3. The SMILES string of the molecule is COCC1CN(c2ncccc2C#N)CC(C)(C)O1. The van der Waals surface area contributed by atoms with Gasteiger partial charge < -0.3 is 14.4 Å². The van der Waals surface area contributed by atoms with E-state index in [1.54, 1.807) is 25.4 Å². The highest BCUT2D eigenvalue weighted by Crippen LogP contribution is 2.26. The van der Waals surface area contributed by atoms with Crippen LogP contribution in [0.5, 0.6) is 0 Å². The first kappa shape index (κ1) is 13.8. The number of hydrogen-bond acceptors (Lipinski definition) is 5. The number of aromatic nitrogens is 1. The molecule has 2 rings (SSSR count). The van der Waals surface area contributed by atoms with Gasteiger partial charge in [-0.25, -0.2) is 4.98 Å². The zero-order valence-corrected chi connectivity index (χ0v) is 11.6. The summed E-state index contributed by atoms with van der Waals surface area (Å²) in [6, 6.07) is 5.76. The van der Waals surface area contributed by atoms with Crippen LogP contribution in [0.25, 0.3) is 0 Å². The summed E-state index contributed by atoms with van der Waals surface area (Å²) in [5, 5.41) is 9.18. The maximum absolute atomic E-state index is 9.18. The van der Waals surface area contributed by atoms with E-state index < -0.39 is 0 Å². The molecule has 1 aromatic heterocycles. The monoisotopic (exact) mass is 261 g/mol. The van der Waals surface area contributed by atoms with Gasteiger partial charge in [-0.3, -0.25) is 0 Å². The van der Waals surface area contributed by atoms with Gasteiger partial charge in [-0.1, -0.05) is 0 Å². The Labute approximate surface area is 113 Å². The summed E-state index contributed by atoms with van der Waals surface area (Å²) < 4.78 is 11.1. The van der Waals surface area contributed by atoms with E-state index in [2.05, 4.69) is 16.0 Å². The quantitative estimate of drug-likeness (QED) is 0.827. The van der Waals surface area contributed by atoms with E-state index in [9.17, 15) is 5.26 Å². The predicted molar refractivity (Wildman–Crippen MR) is 72.0 cm³/mol. The average Bonchev–Trinajstić information content (AvgIpc) is 2.37. The fourth-order valence-corrected chi connectivity index (χ4v) is 2.47. The van der Waals surface area contributed by atoms with Crippen LogP contribution in [-0.2, 0) is 9.47 Å². The van der Waals surface area contributed by atoms with Gasteiger partial charge in [-0.05, 0) is 26.0 Å². The van der Waals surface area contributed by atoms with Crippen molar-refractivity contribution >= 4 is 5.82 Å². The van der Waals surface area contributed by atoms with Crippen molar-refractivity contribution in [2.45, 2.75) is 25.6 Å². The molecule has 0 N–H and O–H groups in total. The van der Waals surface area contributed by atoms with Gasteiger partial charge in [0.25, 0.3) is 0 Å². The molecule has 2 heterocycles. The largest absolute Gasteiger partial charge is 0.382 e. The second-order valence-corrected chi connectivity index (χ2v) is 5.32. The Hall–Kier alpha value is -1.64. The van der Waals surface area contributed by atoms with Gasteiger partial charge in [0.2, 0.25) is 0 Å². The molecular weight excluding hydrogens is 242 g/mol. The lowest BCUT2D eigenvalue weighted by Crippen LogP contribution is -2.54. The van der Waals surface area contributed by atoms with Gasteiger partial charge in [-0.2, -0.15) is 5.26 Å². The van der Waals surface area contributed by atoms with E-state index in [1.807, 2.05) is 13.8 Å². The van der Waals surface area contributed by atoms with Crippen molar-refractivity contribution in [2.75, 3.05) is 31.7 Å². The van der Waals surface area contributed by atoms with Crippen molar-refractivity contribution < 1.29 is 9.47 Å². The Morgan fingerprint density at radius 1 is 1.63 bits per heavy atom. The van der Waals surface area contributed by atoms with E-state index in [0.717, 1.165) is 5.82 Å². The summed E-state index contributed by atoms with van der Waals surface area (Å²) in [6.45, 7) is 6.00. The number of pyridine rings is 1. The van der Waals surface area contributed by atoms with Crippen molar-refractivity contribution in [3.05, 3.63) is 23.9 Å². The summed E-state index contributed by atoms with van der Waals surface area (Å²) in [6.07, 6.45) is 1.70. The fraction of sp³-hybridized carbons (Fsp3) is 0.571. The second kappa shape index (κ2) is 5.55. The standard InChI is InChI=1S/C14H19N3O2/c1-14(2)10-17(8-12(19-14)9-18-3)13-11(7-15)5-4-6-16-13/h4-6,12H,8-10H2,1-3H3. The first-order valence-electron chi connectivity index (χ1n) is 6.32. The highest BCUT2D eigenvalue weighted by atomic mass is 16.5. The lowest BCUT2D eigenvalue weighted by molar-refractivity contribution is -0.106. The molecule has 1 aliphatic rings. The molecular formula is C14H19N3O2. The number of rotatable bonds is 3. The third-order valence-electron chi connectivity index (χ3n) is 3.04. The van der Waals surface area contributed by atoms with Crippen LogP contribution >= 0.6 is 0 Å². The number of methoxy groups -OCH3 is 1. The highest BCUT2D eigenvalue weighted by molar-refractivity contribution is 5.54. The number of anilines is 1. The highest BCUT2D eigenvalue weighted by Gasteiger charge is 2.34. The third-order valence-corrected chi connectivity index (χ3v) is 3.04. The minimum atomic E-state index is -0.286. The van der Waals surface area contributed by atoms with Gasteiger partial charge in [0.05, 0.1) is 23.9 Å². The Morgan fingerprint density at radius 2 is 2.42 bits per heavy atom. The van der Waals surface area contributed by atoms with Crippen LogP contribution in [0, 0.1) is 11.3 Å². The molecule has 1 aromatic rings. The molecule has 1 unspecified atom stereocenters. The maximum atomic E-state index is 9.18. The summed E-state index contributed by atoms with van der Waals surface area (Å²) in [5.41, 5.74) is 0.308. The van der Waals surface area contributed by atoms with Crippen LogP contribution < -0.4 is 4.90 Å². The lowest BCUT2D eigenvalue weighted by Gasteiger charge is -2.43. The summed E-state index contributed by atoms with van der Waals surface area (Å²) >= 11 is 0. The molecule has 1 atom stereocenters. The van der Waals surface area contributed by atoms with E-state index in [-0.39, 0.29) is 11.7 Å². The zero-order valence-electron chi connectivity index (χ0n) is 11.6. The van der Waals surface area contributed by atoms with E-state index >= 15 is 0 Å². The number of hydrogen-bond donors (Lipinski definition) is 0. The predicted octanol–water partition coefficient (Wildman–Crippen LogP) is 1.58. The molecule has 0 bridgehead atoms. The van der Waals surface area contributed by atoms with Crippen molar-refractivity contribution in [2.24, 2.45) is 0 Å². The summed E-state index contributed by atoms with van der Waals surface area (Å²) in [4.78, 5) is 6.44. The smallest absolute Gasteiger partial charge is 0.146 e. The Kier molecular flexibility index (Phi) is 4.03. The number of nitriles is 1. The van der Waals surface area contributed by atoms with Crippen LogP contribution in [0.4, 0.5) is 5.82 Å². The molecule has 1 saturated heterocycles. The Morgan fingerprint density at radius 3 is 3.11 bits per heavy atom. The average molecular weight is 261 g/mol. The molecule has 0 radical (unpaired) electrons. The van der Waals surface area contributed by atoms with Gasteiger partial charge in [0, 0.05) is 26.4 Å². The molecule has 19 heavy (non-hydrogen) atoms. The number of morpholine rings is 1. The van der Waals surface area contributed by atoms with Gasteiger partial charge in [0.1, 0.15) is 11.9 Å². The molecule has 1 aliphatic heterocycles. The Bertz CT molecular complexity index is 482. The molecule has 0 amide bonds. The topological polar surface area (TPSA) is 58.4 Å². The van der Waals surface area contributed by atoms with Crippen LogP contribution in [0.15, 0.2) is 18.3 Å². The minimum Gasteiger partial charge on any atom is -0.382 e. The van der Waals surface area contributed by atoms with Crippen molar-refractivity contribution in [3.8, 4) is 6.07 Å².